The third kappa shape index (κ3) is 7.34. The second-order valence-electron chi connectivity index (χ2n) is 16.3. The van der Waals surface area contributed by atoms with Crippen molar-refractivity contribution in [2.75, 3.05) is 0 Å². The van der Waals surface area contributed by atoms with E-state index in [4.69, 9.17) is 0 Å². The molecule has 0 aromatic heterocycles. The first-order chi connectivity index (χ1) is 21.1. The average molecular weight is 828 g/mol. The molecule has 0 bridgehead atoms. The van der Waals surface area contributed by atoms with Crippen LogP contribution in [0.1, 0.15) is 103 Å². The average Bonchev–Trinajstić information content (AvgIpc) is 3.55. The predicted molar refractivity (Wildman–Crippen MR) is 193 cm³/mol. The zero-order valence-corrected chi connectivity index (χ0v) is 35.0. The molecule has 47 heavy (non-hydrogen) atoms. The number of hydrogen-bond donors (Lipinski definition) is 0. The molecule has 4 aromatic rings. The number of benzene rings is 4. The fourth-order valence-corrected chi connectivity index (χ4v) is 21.0. The van der Waals surface area contributed by atoms with Crippen LogP contribution in [0.4, 0.5) is 0 Å². The summed E-state index contributed by atoms with van der Waals surface area (Å²) >= 11 is -3.15. The van der Waals surface area contributed by atoms with E-state index in [2.05, 4.69) is 172 Å². The molecule has 0 saturated carbocycles. The topological polar surface area (TPSA) is 0 Å². The summed E-state index contributed by atoms with van der Waals surface area (Å²) in [7, 11) is 0. The smallest absolute Gasteiger partial charge is 1.00 e. The summed E-state index contributed by atoms with van der Waals surface area (Å²) in [6.45, 7) is 23.9. The van der Waals surface area contributed by atoms with Crippen molar-refractivity contribution in [2.45, 2.75) is 86.5 Å². The molecular weight excluding hydrogens is 778 g/mol. The van der Waals surface area contributed by atoms with E-state index in [1.54, 1.807) is 21.0 Å². The monoisotopic (exact) mass is 828 g/mol. The van der Waals surface area contributed by atoms with Gasteiger partial charge in [0.2, 0.25) is 0 Å². The molecule has 0 nitrogen and oxygen atoms in total. The number of hydrogen-bond acceptors (Lipinski definition) is 0. The minimum absolute atomic E-state index is 0. The summed E-state index contributed by atoms with van der Waals surface area (Å²) in [6, 6.07) is 35.0. The fraction of sp³-hybridized carbons (Fsp3) is 0.341. The Morgan fingerprint density at radius 3 is 1.68 bits per heavy atom. The minimum atomic E-state index is -3.15. The third-order valence-corrected chi connectivity index (χ3v) is 21.7. The van der Waals surface area contributed by atoms with E-state index in [9.17, 15) is 0 Å². The summed E-state index contributed by atoms with van der Waals surface area (Å²) in [4.78, 5) is 0. The SMILES string of the molecule is CC1C=C(C(C)(C)C)C=[C]1[Hf+2](=[C](c1ccccc1)c1ccccc1)[c]1c(C(C)(C)C)ccc2c1Cc1cc(C(C)(C)C)ccc1-2.[Cl-].[Cl-]. The standard InChI is InChI=1S/C21H25.C13H10.C10H15.2ClH.Hf/c1-20(2,3)16-7-9-18-14(12-16)11-15-13-17(21(4,5)6)8-10-19(15)18;1-3-7-12(8-4-1)11-13-9-5-2-6-10-13;1-8-5-6-9(7-8)10(2,3)4;;;/h7-10,12H,11H2,1-6H3;1-10H;6-8H,1-4H3;2*1H;/q;;;;;+2/p-2. The van der Waals surface area contributed by atoms with Gasteiger partial charge in [0.1, 0.15) is 0 Å². The van der Waals surface area contributed by atoms with Crippen LogP contribution in [-0.4, -0.2) is 3.26 Å². The van der Waals surface area contributed by atoms with Gasteiger partial charge in [0.15, 0.2) is 0 Å². The Morgan fingerprint density at radius 1 is 0.638 bits per heavy atom. The predicted octanol–water partition coefficient (Wildman–Crippen LogP) is 4.88. The second kappa shape index (κ2) is 13.9. The van der Waals surface area contributed by atoms with E-state index >= 15 is 0 Å². The first kappa shape index (κ1) is 37.5. The molecule has 0 fully saturated rings. The Morgan fingerprint density at radius 2 is 1.19 bits per heavy atom. The van der Waals surface area contributed by atoms with Crippen molar-refractivity contribution in [1.82, 2.24) is 0 Å². The Labute approximate surface area is 304 Å². The summed E-state index contributed by atoms with van der Waals surface area (Å²) in [5.74, 6) is 0.434. The van der Waals surface area contributed by atoms with Gasteiger partial charge in [-0.3, -0.25) is 0 Å². The molecule has 0 N–H and O–H groups in total. The van der Waals surface area contributed by atoms with Gasteiger partial charge in [0, 0.05) is 0 Å². The molecule has 2 aliphatic rings. The van der Waals surface area contributed by atoms with Gasteiger partial charge in [-0.1, -0.05) is 0 Å². The van der Waals surface area contributed by atoms with Crippen molar-refractivity contribution in [2.24, 2.45) is 11.3 Å². The Hall–Kier alpha value is -2.32. The molecule has 0 amide bonds. The number of fused-ring (bicyclic) bond motifs is 3. The molecule has 0 saturated heterocycles. The van der Waals surface area contributed by atoms with Gasteiger partial charge in [-0.25, -0.2) is 0 Å². The molecule has 0 spiro atoms. The molecule has 2 aliphatic carbocycles. The Balaban J connectivity index is 0.00000250. The maximum atomic E-state index is 2.66. The van der Waals surface area contributed by atoms with Gasteiger partial charge in [0.25, 0.3) is 0 Å². The van der Waals surface area contributed by atoms with Gasteiger partial charge >= 0.3 is 282 Å². The molecule has 0 radical (unpaired) electrons. The number of allylic oxidation sites excluding steroid dienone is 4. The zero-order valence-electron chi connectivity index (χ0n) is 29.9. The Bertz CT molecular complexity index is 1810. The fourth-order valence-electron chi connectivity index (χ4n) is 7.21. The van der Waals surface area contributed by atoms with E-state index < -0.39 is 21.0 Å². The third-order valence-electron chi connectivity index (χ3n) is 9.76. The van der Waals surface area contributed by atoms with Crippen LogP contribution in [0.3, 0.4) is 0 Å². The van der Waals surface area contributed by atoms with Crippen LogP contribution in [0.2, 0.25) is 0 Å². The van der Waals surface area contributed by atoms with Crippen molar-refractivity contribution in [3.8, 4) is 11.1 Å². The zero-order chi connectivity index (χ0) is 32.3. The molecule has 1 unspecified atom stereocenters. The normalized spacial score (nSPS) is 15.3. The summed E-state index contributed by atoms with van der Waals surface area (Å²) in [5, 5.41) is 0. The van der Waals surface area contributed by atoms with E-state index in [0.717, 1.165) is 6.42 Å². The van der Waals surface area contributed by atoms with Crippen LogP contribution >= 0.6 is 0 Å². The van der Waals surface area contributed by atoms with E-state index in [0.29, 0.717) is 5.92 Å². The van der Waals surface area contributed by atoms with Crippen molar-refractivity contribution in [3.05, 3.63) is 145 Å². The van der Waals surface area contributed by atoms with Gasteiger partial charge in [0.05, 0.1) is 0 Å². The molecule has 0 heterocycles. The summed E-state index contributed by atoms with van der Waals surface area (Å²) in [5.41, 5.74) is 13.6. The molecule has 3 heteroatoms. The largest absolute Gasteiger partial charge is 1.00 e. The molecule has 4 aromatic carbocycles. The van der Waals surface area contributed by atoms with Crippen LogP contribution in [0.5, 0.6) is 0 Å². The van der Waals surface area contributed by atoms with Crippen molar-refractivity contribution >= 4 is 6.58 Å². The van der Waals surface area contributed by atoms with Gasteiger partial charge < -0.3 is 24.8 Å². The summed E-state index contributed by atoms with van der Waals surface area (Å²) in [6.07, 6.45) is 6.27. The maximum Gasteiger partial charge on any atom is -1.00 e. The molecule has 1 atom stereocenters. The first-order valence-electron chi connectivity index (χ1n) is 16.7. The van der Waals surface area contributed by atoms with Crippen LogP contribution in [0, 0.1) is 11.3 Å². The quantitative estimate of drug-likeness (QED) is 0.227. The van der Waals surface area contributed by atoms with Crippen molar-refractivity contribution in [1.29, 1.82) is 0 Å². The molecule has 244 valence electrons. The second-order valence-corrected chi connectivity index (χ2v) is 24.7. The van der Waals surface area contributed by atoms with E-state index in [1.807, 2.05) is 0 Å². The van der Waals surface area contributed by atoms with Crippen molar-refractivity contribution in [3.63, 3.8) is 0 Å². The van der Waals surface area contributed by atoms with E-state index in [1.165, 1.54) is 39.0 Å². The molecule has 0 aliphatic heterocycles. The molecular formula is C44H50Cl2Hf. The minimum Gasteiger partial charge on any atom is -1.00 e. The molecule has 6 rings (SSSR count). The van der Waals surface area contributed by atoms with Gasteiger partial charge in [-0.2, -0.15) is 0 Å². The van der Waals surface area contributed by atoms with Crippen molar-refractivity contribution < 1.29 is 45.8 Å². The van der Waals surface area contributed by atoms with Crippen LogP contribution in [-0.2, 0) is 38.2 Å². The number of halogens is 2. The van der Waals surface area contributed by atoms with Crippen LogP contribution in [0.15, 0.2) is 112 Å². The Kier molecular flexibility index (Phi) is 11.1. The van der Waals surface area contributed by atoms with Gasteiger partial charge in [-0.05, 0) is 0 Å². The van der Waals surface area contributed by atoms with Gasteiger partial charge in [-0.15, -0.1) is 0 Å². The maximum absolute atomic E-state index is 3.15. The summed E-state index contributed by atoms with van der Waals surface area (Å²) < 4.78 is 5.06. The number of rotatable bonds is 4. The van der Waals surface area contributed by atoms with E-state index in [-0.39, 0.29) is 41.1 Å². The first-order valence-corrected chi connectivity index (χ1v) is 22.1. The van der Waals surface area contributed by atoms with Crippen LogP contribution < -0.4 is 28.1 Å². The van der Waals surface area contributed by atoms with Crippen LogP contribution in [0.25, 0.3) is 11.1 Å².